The van der Waals surface area contributed by atoms with E-state index in [-0.39, 0.29) is 0 Å². The Labute approximate surface area is 175 Å². The fraction of sp³-hybridized carbons (Fsp3) is 0.850. The maximum Gasteiger partial charge on any atom is 0.343 e. The number of ether oxygens (including phenoxy) is 4. The monoisotopic (exact) mass is 441 g/mol. The standard InChI is InChI=1S/C20H23FO10/c1-5-12(24)28-11-8(22)18-10-6(21)7(16(2,3)4)17(18)9(23)13(25)30-15(17)31-20(18,14(26)29-10)19(5,11)27/h5-11,15,22-23,27H,1-4H3/t5-,6+,7?,8?,9+,10?,11+,15?,17?,18?,19-,20+/m1/s1/i21-1. The Hall–Kier alpha value is -1.82. The molecule has 11 heteroatoms. The first-order valence-electron chi connectivity index (χ1n) is 10.3. The third-order valence-electron chi connectivity index (χ3n) is 8.91. The number of hydrogen-bond acceptors (Lipinski definition) is 10. The second-order valence-corrected chi connectivity index (χ2v) is 10.7. The van der Waals surface area contributed by atoms with Gasteiger partial charge in [-0.2, -0.15) is 0 Å². The Balaban J connectivity index is 1.75. The van der Waals surface area contributed by atoms with Gasteiger partial charge < -0.3 is 34.3 Å². The van der Waals surface area contributed by atoms with E-state index in [1.807, 2.05) is 0 Å². The second kappa shape index (κ2) is 4.90. The van der Waals surface area contributed by atoms with Crippen molar-refractivity contribution >= 4 is 17.9 Å². The highest BCUT2D eigenvalue weighted by atomic mass is 18.2. The predicted molar refractivity (Wildman–Crippen MR) is 92.3 cm³/mol. The van der Waals surface area contributed by atoms with Gasteiger partial charge in [-0.15, -0.1) is 0 Å². The van der Waals surface area contributed by atoms with Gasteiger partial charge in [0.25, 0.3) is 0 Å². The van der Waals surface area contributed by atoms with Gasteiger partial charge in [-0.25, -0.2) is 14.0 Å². The van der Waals surface area contributed by atoms with E-state index in [2.05, 4.69) is 0 Å². The van der Waals surface area contributed by atoms with E-state index in [1.165, 1.54) is 6.92 Å². The Bertz CT molecular complexity index is 962. The predicted octanol–water partition coefficient (Wildman–Crippen LogP) is -1.42. The zero-order valence-electron chi connectivity index (χ0n) is 17.2. The SMILES string of the molecule is C[C@@H]1C(=O)O[C@H]2C(O)C34C5OC(=O)[C@@]3(OC3OC(=O)[C@H](O)C34C(C(C)(C)C)[C@@H]5[18F])[C@@]12O. The smallest absolute Gasteiger partial charge is 0.343 e. The van der Waals surface area contributed by atoms with Crippen LogP contribution in [-0.2, 0) is 33.3 Å². The number of carbonyl (C=O) groups excluding carboxylic acids is 3. The molecule has 3 N–H and O–H groups in total. The molecule has 6 fully saturated rings. The minimum Gasteiger partial charge on any atom is -0.456 e. The summed E-state index contributed by atoms with van der Waals surface area (Å²) in [5.74, 6) is -5.65. The quantitative estimate of drug-likeness (QED) is 0.302. The van der Waals surface area contributed by atoms with Crippen LogP contribution in [0.15, 0.2) is 0 Å². The number of aliphatic hydroxyl groups is 3. The van der Waals surface area contributed by atoms with Crippen LogP contribution in [0.2, 0.25) is 0 Å². The molecule has 6 rings (SSSR count). The number of fused-ring (bicyclic) bond motifs is 1. The number of aliphatic hydroxyl groups excluding tert-OH is 2. The van der Waals surface area contributed by atoms with E-state index in [4.69, 9.17) is 18.9 Å². The lowest BCUT2D eigenvalue weighted by molar-refractivity contribution is -0.240. The molecule has 0 bridgehead atoms. The molecule has 0 amide bonds. The van der Waals surface area contributed by atoms with Crippen LogP contribution in [0.25, 0.3) is 0 Å². The topological polar surface area (TPSA) is 149 Å². The molecule has 0 aromatic carbocycles. The first kappa shape index (κ1) is 19.8. The average Bonchev–Trinajstić information content (AvgIpc) is 3.35. The first-order chi connectivity index (χ1) is 14.3. The molecule has 6 aliphatic rings. The summed E-state index contributed by atoms with van der Waals surface area (Å²) in [6.45, 7) is 6.36. The lowest BCUT2D eigenvalue weighted by atomic mass is 9.51. The molecule has 170 valence electrons. The third kappa shape index (κ3) is 1.43. The Morgan fingerprint density at radius 1 is 1.00 bits per heavy atom. The highest BCUT2D eigenvalue weighted by Crippen LogP contribution is 2.84. The van der Waals surface area contributed by atoms with Crippen LogP contribution in [0.1, 0.15) is 27.7 Å². The molecule has 4 aliphatic heterocycles. The van der Waals surface area contributed by atoms with Crippen molar-refractivity contribution in [1.29, 1.82) is 0 Å². The lowest BCUT2D eigenvalue weighted by Gasteiger charge is -2.47. The molecule has 2 saturated carbocycles. The van der Waals surface area contributed by atoms with Crippen molar-refractivity contribution in [3.8, 4) is 0 Å². The number of esters is 3. The van der Waals surface area contributed by atoms with Crippen molar-refractivity contribution in [1.82, 2.24) is 0 Å². The van der Waals surface area contributed by atoms with Crippen molar-refractivity contribution < 1.29 is 53.0 Å². The van der Waals surface area contributed by atoms with Crippen molar-refractivity contribution in [2.75, 3.05) is 0 Å². The molecule has 2 aliphatic carbocycles. The van der Waals surface area contributed by atoms with Crippen molar-refractivity contribution in [2.45, 2.75) is 75.8 Å². The molecule has 31 heavy (non-hydrogen) atoms. The normalized spacial score (nSPS) is 61.0. The number of halogens is 1. The maximum absolute atomic E-state index is 16.2. The fourth-order valence-corrected chi connectivity index (χ4v) is 8.19. The molecule has 0 aromatic rings. The number of carbonyl (C=O) groups is 3. The van der Waals surface area contributed by atoms with Gasteiger partial charge in [0.05, 0.1) is 16.7 Å². The first-order valence-corrected chi connectivity index (χ1v) is 10.3. The summed E-state index contributed by atoms with van der Waals surface area (Å²) < 4.78 is 38.1. The van der Waals surface area contributed by atoms with Gasteiger partial charge in [0.1, 0.15) is 18.4 Å². The molecule has 2 spiro atoms. The Morgan fingerprint density at radius 3 is 2.26 bits per heavy atom. The van der Waals surface area contributed by atoms with Crippen molar-refractivity contribution in [3.05, 3.63) is 0 Å². The van der Waals surface area contributed by atoms with Crippen LogP contribution in [0, 0.1) is 28.1 Å². The van der Waals surface area contributed by atoms with E-state index >= 15 is 4.39 Å². The van der Waals surface area contributed by atoms with Crippen LogP contribution in [0.3, 0.4) is 0 Å². The molecule has 0 aromatic heterocycles. The summed E-state index contributed by atoms with van der Waals surface area (Å²) in [6.07, 6.45) is -10.7. The Kier molecular flexibility index (Phi) is 3.14. The number of alkyl halides is 1. The summed E-state index contributed by atoms with van der Waals surface area (Å²) >= 11 is 0. The molecule has 4 heterocycles. The van der Waals surface area contributed by atoms with E-state index in [1.54, 1.807) is 20.8 Å². The van der Waals surface area contributed by atoms with E-state index in [0.717, 1.165) is 0 Å². The Morgan fingerprint density at radius 2 is 1.65 bits per heavy atom. The van der Waals surface area contributed by atoms with Crippen molar-refractivity contribution in [2.24, 2.45) is 28.1 Å². The third-order valence-corrected chi connectivity index (χ3v) is 8.91. The van der Waals surface area contributed by atoms with E-state index in [0.29, 0.717) is 0 Å². The van der Waals surface area contributed by atoms with Crippen LogP contribution in [-0.4, -0.2) is 81.3 Å². The summed E-state index contributed by atoms with van der Waals surface area (Å²) in [6, 6.07) is 0. The van der Waals surface area contributed by atoms with Crippen LogP contribution < -0.4 is 0 Å². The van der Waals surface area contributed by atoms with Gasteiger partial charge in [-0.1, -0.05) is 20.8 Å². The minimum absolute atomic E-state index is 0.874. The highest BCUT2D eigenvalue weighted by Gasteiger charge is 3.05. The van der Waals surface area contributed by atoms with E-state index < -0.39 is 94.1 Å². The largest absolute Gasteiger partial charge is 0.456 e. The maximum atomic E-state index is 16.2. The molecule has 0 radical (unpaired) electrons. The van der Waals surface area contributed by atoms with E-state index in [9.17, 15) is 29.7 Å². The van der Waals surface area contributed by atoms with Gasteiger partial charge in [-0.3, -0.25) is 4.79 Å². The fourth-order valence-electron chi connectivity index (χ4n) is 8.19. The van der Waals surface area contributed by atoms with Gasteiger partial charge in [-0.05, 0) is 12.3 Å². The summed E-state index contributed by atoms with van der Waals surface area (Å²) in [5, 5.41) is 34.5. The molecule has 6 unspecified atom stereocenters. The number of rotatable bonds is 0. The summed E-state index contributed by atoms with van der Waals surface area (Å²) in [4.78, 5) is 38.2. The molecule has 4 saturated heterocycles. The number of hydrogen-bond donors (Lipinski definition) is 3. The molecular weight excluding hydrogens is 418 g/mol. The summed E-state index contributed by atoms with van der Waals surface area (Å²) in [5.41, 5.74) is -9.91. The van der Waals surface area contributed by atoms with Gasteiger partial charge in [0, 0.05) is 5.92 Å². The lowest BCUT2D eigenvalue weighted by Crippen LogP contribution is -2.67. The average molecular weight is 441 g/mol. The highest BCUT2D eigenvalue weighted by molar-refractivity contribution is 5.94. The molecule has 10 nitrogen and oxygen atoms in total. The van der Waals surface area contributed by atoms with Gasteiger partial charge >= 0.3 is 17.9 Å². The van der Waals surface area contributed by atoms with Gasteiger partial charge in [0.15, 0.2) is 17.8 Å². The molecular formula is C20H23FO10. The zero-order valence-corrected chi connectivity index (χ0v) is 17.2. The van der Waals surface area contributed by atoms with Crippen LogP contribution in [0.5, 0.6) is 0 Å². The van der Waals surface area contributed by atoms with Gasteiger partial charge in [0.2, 0.25) is 11.9 Å². The molecule has 12 atom stereocenters. The van der Waals surface area contributed by atoms with Crippen LogP contribution in [0.4, 0.5) is 4.39 Å². The zero-order chi connectivity index (χ0) is 22.7. The van der Waals surface area contributed by atoms with Crippen molar-refractivity contribution in [3.63, 3.8) is 0 Å². The second-order valence-electron chi connectivity index (χ2n) is 10.7. The van der Waals surface area contributed by atoms with Crippen LogP contribution >= 0.6 is 0 Å². The summed E-state index contributed by atoms with van der Waals surface area (Å²) in [7, 11) is 0. The minimum atomic E-state index is -2.48.